The zero-order chi connectivity index (χ0) is 19.0. The first kappa shape index (κ1) is 18.4. The van der Waals surface area contributed by atoms with Crippen molar-refractivity contribution in [2.75, 3.05) is 4.90 Å². The summed E-state index contributed by atoms with van der Waals surface area (Å²) < 4.78 is 0.106. The van der Waals surface area contributed by atoms with E-state index in [1.807, 2.05) is 0 Å². The Kier molecular flexibility index (Phi) is 5.03. The van der Waals surface area contributed by atoms with Crippen molar-refractivity contribution in [2.45, 2.75) is 0 Å². The number of carbonyl (C=O) groups excluding carboxylic acids is 2. The summed E-state index contributed by atoms with van der Waals surface area (Å²) >= 11 is 9.51. The number of hydrogen-bond donors (Lipinski definition) is 1. The number of anilines is 1. The van der Waals surface area contributed by atoms with Crippen molar-refractivity contribution in [1.82, 2.24) is 0 Å². The standard InChI is InChI=1S/C16H8BrClN2O5S/c17-12-7-11(20(24)25)5-8(14(12)21)6-13-15(22)19(16(23)26-13)10-3-1-9(18)2-4-10/h1-7,21H/b13-6-. The van der Waals surface area contributed by atoms with Crippen LogP contribution in [-0.2, 0) is 4.79 Å². The maximum absolute atomic E-state index is 12.6. The molecule has 1 aliphatic rings. The quantitative estimate of drug-likeness (QED) is 0.399. The molecule has 2 aromatic rings. The Morgan fingerprint density at radius 3 is 2.50 bits per heavy atom. The molecule has 0 aliphatic carbocycles. The molecule has 1 fully saturated rings. The largest absolute Gasteiger partial charge is 0.506 e. The first-order valence-electron chi connectivity index (χ1n) is 6.98. The highest BCUT2D eigenvalue weighted by atomic mass is 79.9. The monoisotopic (exact) mass is 454 g/mol. The number of halogens is 2. The summed E-state index contributed by atoms with van der Waals surface area (Å²) in [5, 5.41) is 21.0. The van der Waals surface area contributed by atoms with Crippen LogP contribution < -0.4 is 4.90 Å². The maximum atomic E-state index is 12.6. The van der Waals surface area contributed by atoms with Crippen LogP contribution >= 0.6 is 39.3 Å². The molecule has 1 N–H and O–H groups in total. The summed E-state index contributed by atoms with van der Waals surface area (Å²) in [5.41, 5.74) is 0.135. The number of aromatic hydroxyl groups is 1. The summed E-state index contributed by atoms with van der Waals surface area (Å²) in [4.78, 5) is 36.1. The number of benzene rings is 2. The molecule has 0 spiro atoms. The van der Waals surface area contributed by atoms with Crippen LogP contribution in [0, 0.1) is 10.1 Å². The third-order valence-electron chi connectivity index (χ3n) is 3.45. The van der Waals surface area contributed by atoms with Gasteiger partial charge in [0.25, 0.3) is 16.8 Å². The molecule has 3 rings (SSSR count). The minimum atomic E-state index is -0.624. The topological polar surface area (TPSA) is 101 Å². The van der Waals surface area contributed by atoms with Crippen molar-refractivity contribution >= 4 is 67.9 Å². The number of nitro benzene ring substituents is 1. The average Bonchev–Trinajstić information content (AvgIpc) is 2.86. The van der Waals surface area contributed by atoms with Crippen LogP contribution in [0.1, 0.15) is 5.56 Å². The first-order chi connectivity index (χ1) is 12.3. The van der Waals surface area contributed by atoms with Gasteiger partial charge < -0.3 is 5.11 Å². The lowest BCUT2D eigenvalue weighted by Gasteiger charge is -2.12. The van der Waals surface area contributed by atoms with Gasteiger partial charge in [-0.25, -0.2) is 4.90 Å². The smallest absolute Gasteiger partial charge is 0.298 e. The first-order valence-corrected chi connectivity index (χ1v) is 8.97. The van der Waals surface area contributed by atoms with Crippen molar-refractivity contribution in [3.63, 3.8) is 0 Å². The van der Waals surface area contributed by atoms with Gasteiger partial charge >= 0.3 is 0 Å². The molecular weight excluding hydrogens is 448 g/mol. The number of thioether (sulfide) groups is 1. The molecule has 1 heterocycles. The fourth-order valence-corrected chi connectivity index (χ4v) is 3.66. The average molecular weight is 456 g/mol. The Balaban J connectivity index is 2.01. The minimum Gasteiger partial charge on any atom is -0.506 e. The van der Waals surface area contributed by atoms with E-state index in [1.165, 1.54) is 18.2 Å². The van der Waals surface area contributed by atoms with Gasteiger partial charge in [0, 0.05) is 22.7 Å². The number of non-ortho nitro benzene ring substituents is 1. The molecule has 2 amide bonds. The van der Waals surface area contributed by atoms with E-state index in [9.17, 15) is 24.8 Å². The van der Waals surface area contributed by atoms with Gasteiger partial charge in [0.05, 0.1) is 20.0 Å². The highest BCUT2D eigenvalue weighted by molar-refractivity contribution is 9.10. The van der Waals surface area contributed by atoms with Crippen LogP contribution in [0.3, 0.4) is 0 Å². The van der Waals surface area contributed by atoms with Gasteiger partial charge in [-0.1, -0.05) is 11.6 Å². The molecule has 0 saturated carbocycles. The van der Waals surface area contributed by atoms with Crippen LogP contribution in [0.4, 0.5) is 16.2 Å². The van der Waals surface area contributed by atoms with Gasteiger partial charge in [0.2, 0.25) is 0 Å². The Hall–Kier alpha value is -2.36. The Morgan fingerprint density at radius 1 is 1.23 bits per heavy atom. The van der Waals surface area contributed by atoms with Crippen molar-refractivity contribution < 1.29 is 19.6 Å². The highest BCUT2D eigenvalue weighted by Gasteiger charge is 2.36. The van der Waals surface area contributed by atoms with Gasteiger partial charge in [-0.3, -0.25) is 19.7 Å². The molecule has 26 heavy (non-hydrogen) atoms. The number of nitro groups is 1. The van der Waals surface area contributed by atoms with E-state index in [4.69, 9.17) is 11.6 Å². The lowest BCUT2D eigenvalue weighted by molar-refractivity contribution is -0.385. The lowest BCUT2D eigenvalue weighted by atomic mass is 10.1. The van der Waals surface area contributed by atoms with Crippen molar-refractivity contribution in [3.05, 3.63) is 66.5 Å². The third-order valence-corrected chi connectivity index (χ3v) is 5.18. The number of imide groups is 1. The molecule has 1 aliphatic heterocycles. The van der Waals surface area contributed by atoms with Crippen LogP contribution in [-0.4, -0.2) is 21.2 Å². The van der Waals surface area contributed by atoms with Gasteiger partial charge in [-0.2, -0.15) is 0 Å². The molecule has 2 aromatic carbocycles. The molecule has 0 unspecified atom stereocenters. The molecule has 0 aromatic heterocycles. The van der Waals surface area contributed by atoms with Gasteiger partial charge in [-0.15, -0.1) is 0 Å². The van der Waals surface area contributed by atoms with Crippen LogP contribution in [0.2, 0.25) is 5.02 Å². The molecule has 10 heteroatoms. The molecular formula is C16H8BrClN2O5S. The predicted octanol–water partition coefficient (Wildman–Crippen LogP) is 4.96. The van der Waals surface area contributed by atoms with E-state index >= 15 is 0 Å². The molecule has 0 radical (unpaired) electrons. The normalized spacial score (nSPS) is 15.8. The second kappa shape index (κ2) is 7.10. The molecule has 7 nitrogen and oxygen atoms in total. The Morgan fingerprint density at radius 2 is 1.88 bits per heavy atom. The predicted molar refractivity (Wildman–Crippen MR) is 102 cm³/mol. The Bertz CT molecular complexity index is 977. The number of amides is 2. The van der Waals surface area contributed by atoms with E-state index in [1.54, 1.807) is 12.1 Å². The van der Waals surface area contributed by atoms with Crippen molar-refractivity contribution in [3.8, 4) is 5.75 Å². The Labute approximate surface area is 164 Å². The highest BCUT2D eigenvalue weighted by Crippen LogP contribution is 2.39. The third kappa shape index (κ3) is 3.46. The van der Waals surface area contributed by atoms with Crippen molar-refractivity contribution in [1.29, 1.82) is 0 Å². The minimum absolute atomic E-state index is 0.0349. The van der Waals surface area contributed by atoms with Gasteiger partial charge in [-0.05, 0) is 58.0 Å². The fourth-order valence-electron chi connectivity index (χ4n) is 2.24. The maximum Gasteiger partial charge on any atom is 0.298 e. The molecule has 1 saturated heterocycles. The number of rotatable bonds is 3. The van der Waals surface area contributed by atoms with E-state index in [-0.39, 0.29) is 26.4 Å². The molecule has 0 atom stereocenters. The fraction of sp³-hybridized carbons (Fsp3) is 0. The van der Waals surface area contributed by atoms with E-state index < -0.39 is 16.1 Å². The van der Waals surface area contributed by atoms with Gasteiger partial charge in [0.1, 0.15) is 5.75 Å². The summed E-state index contributed by atoms with van der Waals surface area (Å²) in [6.07, 6.45) is 1.24. The zero-order valence-corrected chi connectivity index (χ0v) is 15.8. The summed E-state index contributed by atoms with van der Waals surface area (Å²) in [5.74, 6) is -0.863. The van der Waals surface area contributed by atoms with E-state index in [0.29, 0.717) is 22.5 Å². The second-order valence-electron chi connectivity index (χ2n) is 5.12. The zero-order valence-electron chi connectivity index (χ0n) is 12.7. The summed E-state index contributed by atoms with van der Waals surface area (Å²) in [6, 6.07) is 8.43. The number of phenols is 1. The van der Waals surface area contributed by atoms with Crippen molar-refractivity contribution in [2.24, 2.45) is 0 Å². The number of nitrogens with zero attached hydrogens (tertiary/aromatic N) is 2. The summed E-state index contributed by atoms with van der Waals surface area (Å²) in [7, 11) is 0. The lowest BCUT2D eigenvalue weighted by Crippen LogP contribution is -2.27. The van der Waals surface area contributed by atoms with Crippen LogP contribution in [0.5, 0.6) is 5.75 Å². The second-order valence-corrected chi connectivity index (χ2v) is 7.40. The molecule has 0 bridgehead atoms. The van der Waals surface area contributed by atoms with E-state index in [0.717, 1.165) is 17.0 Å². The number of hydrogen-bond acceptors (Lipinski definition) is 6. The number of carbonyl (C=O) groups is 2. The van der Waals surface area contributed by atoms with E-state index in [2.05, 4.69) is 15.9 Å². The SMILES string of the molecule is O=C1S/C(=C\c2cc([N+](=O)[O-])cc(Br)c2O)C(=O)N1c1ccc(Cl)cc1. The van der Waals surface area contributed by atoms with Crippen LogP contribution in [0.15, 0.2) is 45.8 Å². The van der Waals surface area contributed by atoms with Gasteiger partial charge in [0.15, 0.2) is 0 Å². The molecule has 132 valence electrons. The van der Waals surface area contributed by atoms with Crippen LogP contribution in [0.25, 0.3) is 6.08 Å². The summed E-state index contributed by atoms with van der Waals surface area (Å²) in [6.45, 7) is 0. The number of phenolic OH excluding ortho intramolecular Hbond substituents is 1.